The van der Waals surface area contributed by atoms with Crippen molar-refractivity contribution in [2.24, 2.45) is 0 Å². The maximum atomic E-state index is 12.8. The number of amides is 1. The van der Waals surface area contributed by atoms with Gasteiger partial charge in [0.1, 0.15) is 5.82 Å². The molecule has 1 saturated heterocycles. The molecule has 2 rings (SSSR count). The van der Waals surface area contributed by atoms with E-state index in [2.05, 4.69) is 10.3 Å². The molecule has 0 spiro atoms. The van der Waals surface area contributed by atoms with E-state index in [1.54, 1.807) is 17.8 Å². The monoisotopic (exact) mass is 240 g/mol. The van der Waals surface area contributed by atoms with Gasteiger partial charge < -0.3 is 5.32 Å². The third-order valence-electron chi connectivity index (χ3n) is 2.44. The lowest BCUT2D eigenvalue weighted by atomic mass is 10.2. The molecule has 1 aromatic heterocycles. The first-order chi connectivity index (χ1) is 7.75. The second-order valence-electron chi connectivity index (χ2n) is 3.69. The van der Waals surface area contributed by atoms with Crippen LogP contribution in [-0.4, -0.2) is 21.9 Å². The maximum absolute atomic E-state index is 12.8. The fourth-order valence-electron chi connectivity index (χ4n) is 1.63. The predicted octanol–water partition coefficient (Wildman–Crippen LogP) is 2.44. The number of carbonyl (C=O) groups excluding carboxylic acids is 1. The van der Waals surface area contributed by atoms with Crippen molar-refractivity contribution in [3.05, 3.63) is 24.1 Å². The topological polar surface area (TPSA) is 42.0 Å². The van der Waals surface area contributed by atoms with Crippen molar-refractivity contribution in [2.75, 3.05) is 11.1 Å². The summed E-state index contributed by atoms with van der Waals surface area (Å²) in [6.07, 6.45) is 3.15. The Morgan fingerprint density at radius 3 is 3.06 bits per heavy atom. The summed E-state index contributed by atoms with van der Waals surface area (Å²) in [5.41, 5.74) is 0. The van der Waals surface area contributed by atoms with Gasteiger partial charge in [-0.15, -0.1) is 11.8 Å². The van der Waals surface area contributed by atoms with Crippen LogP contribution in [0.5, 0.6) is 0 Å². The van der Waals surface area contributed by atoms with E-state index in [0.717, 1.165) is 18.6 Å². The van der Waals surface area contributed by atoms with Crippen LogP contribution in [0.1, 0.15) is 19.3 Å². The molecule has 86 valence electrons. The number of anilines is 1. The Balaban J connectivity index is 1.96. The van der Waals surface area contributed by atoms with E-state index in [9.17, 15) is 9.18 Å². The number of aromatic nitrogens is 1. The third-order valence-corrected chi connectivity index (χ3v) is 3.82. The fraction of sp³-hybridized carbons (Fsp3) is 0.455. The van der Waals surface area contributed by atoms with Crippen LogP contribution < -0.4 is 5.32 Å². The van der Waals surface area contributed by atoms with Gasteiger partial charge in [-0.3, -0.25) is 4.79 Å². The fourth-order valence-corrected chi connectivity index (χ4v) is 2.83. The van der Waals surface area contributed by atoms with Gasteiger partial charge in [0.05, 0.1) is 5.25 Å². The van der Waals surface area contributed by atoms with Crippen molar-refractivity contribution in [1.29, 1.82) is 0 Å². The number of pyridine rings is 1. The molecule has 1 fully saturated rings. The first kappa shape index (κ1) is 11.4. The van der Waals surface area contributed by atoms with Gasteiger partial charge in [-0.25, -0.2) is 4.98 Å². The van der Waals surface area contributed by atoms with E-state index >= 15 is 0 Å². The number of halogens is 1. The number of thioether (sulfide) groups is 1. The van der Waals surface area contributed by atoms with Crippen molar-refractivity contribution in [3.8, 4) is 0 Å². The summed E-state index contributed by atoms with van der Waals surface area (Å²) in [5.74, 6) is 0.669. The zero-order chi connectivity index (χ0) is 11.4. The van der Waals surface area contributed by atoms with Crippen molar-refractivity contribution in [3.63, 3.8) is 0 Å². The molecule has 0 aromatic carbocycles. The Morgan fingerprint density at radius 1 is 1.50 bits per heavy atom. The summed E-state index contributed by atoms with van der Waals surface area (Å²) in [4.78, 5) is 15.4. The summed E-state index contributed by atoms with van der Waals surface area (Å²) < 4.78 is 12.8. The third kappa shape index (κ3) is 2.95. The van der Waals surface area contributed by atoms with Crippen molar-refractivity contribution >= 4 is 23.5 Å². The molecular weight excluding hydrogens is 227 g/mol. The SMILES string of the molecule is O=C(Nc1cccc(F)n1)C1CCCCS1. The number of nitrogens with one attached hydrogen (secondary N) is 1. The predicted molar refractivity (Wildman–Crippen MR) is 62.9 cm³/mol. The molecule has 1 aromatic rings. The van der Waals surface area contributed by atoms with E-state index in [-0.39, 0.29) is 17.0 Å². The maximum Gasteiger partial charge on any atom is 0.238 e. The van der Waals surface area contributed by atoms with Crippen LogP contribution in [0.2, 0.25) is 0 Å². The molecule has 1 unspecified atom stereocenters. The molecule has 5 heteroatoms. The van der Waals surface area contributed by atoms with Crippen LogP contribution in [0.4, 0.5) is 10.2 Å². The number of rotatable bonds is 2. The largest absolute Gasteiger partial charge is 0.310 e. The van der Waals surface area contributed by atoms with Crippen LogP contribution in [0.15, 0.2) is 18.2 Å². The Morgan fingerprint density at radius 2 is 2.38 bits per heavy atom. The summed E-state index contributed by atoms with van der Waals surface area (Å²) in [6.45, 7) is 0. The normalized spacial score (nSPS) is 20.4. The molecule has 2 heterocycles. The number of carbonyl (C=O) groups is 1. The van der Waals surface area contributed by atoms with E-state index in [1.165, 1.54) is 18.6 Å². The van der Waals surface area contributed by atoms with Crippen LogP contribution in [0.3, 0.4) is 0 Å². The van der Waals surface area contributed by atoms with E-state index in [1.807, 2.05) is 0 Å². The van der Waals surface area contributed by atoms with E-state index < -0.39 is 5.95 Å². The molecule has 16 heavy (non-hydrogen) atoms. The van der Waals surface area contributed by atoms with Crippen LogP contribution in [0, 0.1) is 5.95 Å². The lowest BCUT2D eigenvalue weighted by molar-refractivity contribution is -0.115. The van der Waals surface area contributed by atoms with Gasteiger partial charge in [0.2, 0.25) is 11.9 Å². The minimum atomic E-state index is -0.575. The standard InChI is InChI=1S/C11H13FN2OS/c12-9-5-3-6-10(13-9)14-11(15)8-4-1-2-7-16-8/h3,5-6,8H,1-2,4,7H2,(H,13,14,15). The molecule has 1 aliphatic heterocycles. The van der Waals surface area contributed by atoms with Gasteiger partial charge >= 0.3 is 0 Å². The average molecular weight is 240 g/mol. The molecular formula is C11H13FN2OS. The molecule has 0 aliphatic carbocycles. The van der Waals surface area contributed by atoms with Crippen molar-refractivity contribution in [2.45, 2.75) is 24.5 Å². The molecule has 1 N–H and O–H groups in total. The zero-order valence-corrected chi connectivity index (χ0v) is 9.60. The second kappa shape index (κ2) is 5.30. The van der Waals surface area contributed by atoms with Gasteiger partial charge in [0.15, 0.2) is 0 Å². The molecule has 1 aliphatic rings. The van der Waals surface area contributed by atoms with E-state index in [4.69, 9.17) is 0 Å². The van der Waals surface area contributed by atoms with Gasteiger partial charge in [0.25, 0.3) is 0 Å². The summed E-state index contributed by atoms with van der Waals surface area (Å²) in [7, 11) is 0. The Bertz CT molecular complexity index is 380. The Labute approximate surface area is 97.8 Å². The van der Waals surface area contributed by atoms with Crippen LogP contribution in [0.25, 0.3) is 0 Å². The first-order valence-electron chi connectivity index (χ1n) is 5.31. The summed E-state index contributed by atoms with van der Waals surface area (Å²) >= 11 is 1.66. The molecule has 0 saturated carbocycles. The minimum absolute atomic E-state index is 0.0150. The number of hydrogen-bond donors (Lipinski definition) is 1. The zero-order valence-electron chi connectivity index (χ0n) is 8.78. The quantitative estimate of drug-likeness (QED) is 0.807. The van der Waals surface area contributed by atoms with Gasteiger partial charge in [-0.05, 0) is 30.7 Å². The lowest BCUT2D eigenvalue weighted by Crippen LogP contribution is -2.27. The Kier molecular flexibility index (Phi) is 3.77. The van der Waals surface area contributed by atoms with Crippen molar-refractivity contribution < 1.29 is 9.18 Å². The van der Waals surface area contributed by atoms with Gasteiger partial charge in [0, 0.05) is 0 Å². The number of nitrogens with zero attached hydrogens (tertiary/aromatic N) is 1. The highest BCUT2D eigenvalue weighted by molar-refractivity contribution is 8.00. The highest BCUT2D eigenvalue weighted by Crippen LogP contribution is 2.25. The Hall–Kier alpha value is -1.10. The summed E-state index contributed by atoms with van der Waals surface area (Å²) in [5, 5.41) is 2.63. The van der Waals surface area contributed by atoms with E-state index in [0.29, 0.717) is 0 Å². The van der Waals surface area contributed by atoms with Crippen LogP contribution in [-0.2, 0) is 4.79 Å². The molecule has 0 radical (unpaired) electrons. The van der Waals surface area contributed by atoms with Crippen molar-refractivity contribution in [1.82, 2.24) is 4.98 Å². The highest BCUT2D eigenvalue weighted by atomic mass is 32.2. The molecule has 3 nitrogen and oxygen atoms in total. The average Bonchev–Trinajstić information content (AvgIpc) is 2.30. The molecule has 1 amide bonds. The van der Waals surface area contributed by atoms with Gasteiger partial charge in [-0.1, -0.05) is 12.5 Å². The smallest absolute Gasteiger partial charge is 0.238 e. The lowest BCUT2D eigenvalue weighted by Gasteiger charge is -2.20. The number of hydrogen-bond acceptors (Lipinski definition) is 3. The molecule has 0 bridgehead atoms. The summed E-state index contributed by atoms with van der Waals surface area (Å²) in [6, 6.07) is 4.38. The minimum Gasteiger partial charge on any atom is -0.310 e. The highest BCUT2D eigenvalue weighted by Gasteiger charge is 2.21. The second-order valence-corrected chi connectivity index (χ2v) is 5.00. The van der Waals surface area contributed by atoms with Crippen LogP contribution >= 0.6 is 11.8 Å². The first-order valence-corrected chi connectivity index (χ1v) is 6.35. The molecule has 1 atom stereocenters. The van der Waals surface area contributed by atoms with Gasteiger partial charge in [-0.2, -0.15) is 4.39 Å².